The molecule has 84 valence electrons. The van der Waals surface area contributed by atoms with E-state index in [0.29, 0.717) is 16.9 Å². The molecule has 1 aromatic carbocycles. The molecule has 0 saturated carbocycles. The van der Waals surface area contributed by atoms with Crippen molar-refractivity contribution in [2.24, 2.45) is 5.92 Å². The fourth-order valence-corrected chi connectivity index (χ4v) is 1.88. The van der Waals surface area contributed by atoms with E-state index in [-0.39, 0.29) is 5.56 Å². The Morgan fingerprint density at radius 1 is 1.44 bits per heavy atom. The number of rotatable bonds is 3. The largest absolute Gasteiger partial charge is 0.298 e. The summed E-state index contributed by atoms with van der Waals surface area (Å²) in [6.07, 6.45) is 0.720. The Morgan fingerprint density at radius 3 is 2.81 bits per heavy atom. The number of nitrogens with one attached hydrogen (secondary N) is 1. The number of carbonyl (C=O) groups is 1. The Morgan fingerprint density at radius 2 is 2.19 bits per heavy atom. The number of aromatic nitrogens is 2. The van der Waals surface area contributed by atoms with Crippen LogP contribution in [0.4, 0.5) is 0 Å². The Hall–Kier alpha value is -1.84. The number of hydrogen-bond donors (Lipinski definition) is 1. The van der Waals surface area contributed by atoms with Gasteiger partial charge in [-0.05, 0) is 12.0 Å². The van der Waals surface area contributed by atoms with Crippen molar-refractivity contribution in [2.75, 3.05) is 0 Å². The van der Waals surface area contributed by atoms with Crippen LogP contribution in [0.25, 0.3) is 10.9 Å². The van der Waals surface area contributed by atoms with E-state index in [2.05, 4.69) is 18.9 Å². The van der Waals surface area contributed by atoms with Crippen molar-refractivity contribution in [2.45, 2.75) is 20.4 Å². The molecule has 0 unspecified atom stereocenters. The maximum absolute atomic E-state index is 11.7. The van der Waals surface area contributed by atoms with Gasteiger partial charge in [0.05, 0.1) is 10.9 Å². The molecule has 4 nitrogen and oxygen atoms in total. The van der Waals surface area contributed by atoms with E-state index < -0.39 is 0 Å². The minimum Gasteiger partial charge on any atom is -0.298 e. The second-order valence-electron chi connectivity index (χ2n) is 4.30. The summed E-state index contributed by atoms with van der Waals surface area (Å²) in [5, 5.41) is 3.25. The summed E-state index contributed by atoms with van der Waals surface area (Å²) in [7, 11) is 0. The van der Waals surface area contributed by atoms with E-state index in [9.17, 15) is 9.59 Å². The first-order valence-corrected chi connectivity index (χ1v) is 5.30. The van der Waals surface area contributed by atoms with Gasteiger partial charge in [0.15, 0.2) is 6.29 Å². The van der Waals surface area contributed by atoms with Crippen LogP contribution in [-0.2, 0) is 6.54 Å². The first kappa shape index (κ1) is 10.7. The molecule has 1 heterocycles. The Bertz CT molecular complexity index is 578. The summed E-state index contributed by atoms with van der Waals surface area (Å²) in [6.45, 7) is 4.89. The highest BCUT2D eigenvalue weighted by molar-refractivity contribution is 5.96. The molecule has 2 aromatic rings. The second-order valence-corrected chi connectivity index (χ2v) is 4.30. The molecule has 0 radical (unpaired) electrons. The lowest BCUT2D eigenvalue weighted by molar-refractivity contribution is 0.112. The zero-order chi connectivity index (χ0) is 11.7. The van der Waals surface area contributed by atoms with Crippen LogP contribution in [0, 0.1) is 5.92 Å². The van der Waals surface area contributed by atoms with E-state index in [1.54, 1.807) is 16.8 Å². The van der Waals surface area contributed by atoms with Crippen molar-refractivity contribution in [1.82, 2.24) is 9.78 Å². The normalized spacial score (nSPS) is 11.2. The van der Waals surface area contributed by atoms with Gasteiger partial charge in [0.1, 0.15) is 0 Å². The van der Waals surface area contributed by atoms with E-state index in [0.717, 1.165) is 18.3 Å². The number of carbonyl (C=O) groups excluding carboxylic acids is 1. The number of aldehydes is 1. The third kappa shape index (κ3) is 1.66. The Balaban J connectivity index is 2.71. The predicted octanol–water partition coefficient (Wildman–Crippen LogP) is 1.80. The van der Waals surface area contributed by atoms with Gasteiger partial charge in [-0.2, -0.15) is 0 Å². The lowest BCUT2D eigenvalue weighted by Crippen LogP contribution is -2.09. The molecule has 1 aromatic heterocycles. The molecule has 1 N–H and O–H groups in total. The number of aromatic amines is 1. The second kappa shape index (κ2) is 3.96. The minimum atomic E-state index is -0.196. The van der Waals surface area contributed by atoms with Gasteiger partial charge in [0, 0.05) is 12.1 Å². The number of nitrogens with zero attached hydrogens (tertiary/aromatic N) is 1. The topological polar surface area (TPSA) is 54.9 Å². The minimum absolute atomic E-state index is 0.196. The van der Waals surface area contributed by atoms with Crippen LogP contribution in [0.1, 0.15) is 24.2 Å². The lowest BCUT2D eigenvalue weighted by Gasteiger charge is -2.07. The summed E-state index contributed by atoms with van der Waals surface area (Å²) in [6, 6.07) is 5.29. The van der Waals surface area contributed by atoms with Crippen LogP contribution in [0.5, 0.6) is 0 Å². The van der Waals surface area contributed by atoms with Crippen molar-refractivity contribution in [3.05, 3.63) is 34.1 Å². The van der Waals surface area contributed by atoms with Crippen LogP contribution in [0.3, 0.4) is 0 Å². The smallest absolute Gasteiger partial charge is 0.272 e. The summed E-state index contributed by atoms with van der Waals surface area (Å²) in [5.41, 5.74) is 1.04. The highest BCUT2D eigenvalue weighted by atomic mass is 16.1. The number of hydrogen-bond acceptors (Lipinski definition) is 2. The van der Waals surface area contributed by atoms with Gasteiger partial charge >= 0.3 is 0 Å². The van der Waals surface area contributed by atoms with Gasteiger partial charge in [-0.15, -0.1) is 0 Å². The first-order valence-electron chi connectivity index (χ1n) is 5.30. The number of H-pyrrole nitrogens is 1. The van der Waals surface area contributed by atoms with E-state index >= 15 is 0 Å². The zero-order valence-electron chi connectivity index (χ0n) is 9.36. The summed E-state index contributed by atoms with van der Waals surface area (Å²) >= 11 is 0. The van der Waals surface area contributed by atoms with Crippen molar-refractivity contribution in [3.63, 3.8) is 0 Å². The maximum Gasteiger partial charge on any atom is 0.272 e. The summed E-state index contributed by atoms with van der Waals surface area (Å²) < 4.78 is 1.80. The van der Waals surface area contributed by atoms with Gasteiger partial charge in [0.2, 0.25) is 0 Å². The van der Waals surface area contributed by atoms with Crippen molar-refractivity contribution >= 4 is 17.2 Å². The molecule has 0 amide bonds. The molecule has 0 aliphatic rings. The van der Waals surface area contributed by atoms with Gasteiger partial charge in [0.25, 0.3) is 5.56 Å². The van der Waals surface area contributed by atoms with Crippen LogP contribution in [0.15, 0.2) is 23.0 Å². The van der Waals surface area contributed by atoms with Crippen molar-refractivity contribution in [3.8, 4) is 0 Å². The average Bonchev–Trinajstić information content (AvgIpc) is 2.55. The number of fused-ring (bicyclic) bond motifs is 1. The third-order valence-corrected chi connectivity index (χ3v) is 2.50. The van der Waals surface area contributed by atoms with E-state index in [4.69, 9.17) is 0 Å². The molecule has 0 bridgehead atoms. The molecule has 0 spiro atoms. The van der Waals surface area contributed by atoms with Crippen molar-refractivity contribution < 1.29 is 4.79 Å². The zero-order valence-corrected chi connectivity index (χ0v) is 9.36. The van der Waals surface area contributed by atoms with Gasteiger partial charge in [-0.1, -0.05) is 26.0 Å². The molecule has 0 atom stereocenters. The fraction of sp³-hybridized carbons (Fsp3) is 0.333. The molecule has 0 fully saturated rings. The SMILES string of the molecule is CC(C)Cn1[nH]c(=O)c2c(C=O)cccc21. The van der Waals surface area contributed by atoms with Gasteiger partial charge in [-0.3, -0.25) is 19.4 Å². The first-order chi connectivity index (χ1) is 7.63. The van der Waals surface area contributed by atoms with Crippen LogP contribution in [-0.4, -0.2) is 16.1 Å². The standard InChI is InChI=1S/C12H14N2O2/c1-8(2)6-14-10-5-3-4-9(7-15)11(10)12(16)13-14/h3-5,7-8H,6H2,1-2H3,(H,13,16). The van der Waals surface area contributed by atoms with Gasteiger partial charge in [-0.25, -0.2) is 0 Å². The van der Waals surface area contributed by atoms with E-state index in [1.807, 2.05) is 6.07 Å². The van der Waals surface area contributed by atoms with Crippen LogP contribution < -0.4 is 5.56 Å². The fourth-order valence-electron chi connectivity index (χ4n) is 1.88. The average molecular weight is 218 g/mol. The highest BCUT2D eigenvalue weighted by Crippen LogP contribution is 2.14. The molecule has 0 aliphatic heterocycles. The predicted molar refractivity (Wildman–Crippen MR) is 62.8 cm³/mol. The molecular weight excluding hydrogens is 204 g/mol. The highest BCUT2D eigenvalue weighted by Gasteiger charge is 2.10. The van der Waals surface area contributed by atoms with Gasteiger partial charge < -0.3 is 0 Å². The lowest BCUT2D eigenvalue weighted by atomic mass is 10.1. The molecule has 2 rings (SSSR count). The number of benzene rings is 1. The molecule has 0 saturated heterocycles. The molecule has 0 aliphatic carbocycles. The quantitative estimate of drug-likeness (QED) is 0.798. The molecular formula is C12H14N2O2. The monoisotopic (exact) mass is 218 g/mol. The molecule has 4 heteroatoms. The third-order valence-electron chi connectivity index (χ3n) is 2.50. The molecule has 16 heavy (non-hydrogen) atoms. The summed E-state index contributed by atoms with van der Waals surface area (Å²) in [5.74, 6) is 0.436. The Labute approximate surface area is 92.9 Å². The maximum atomic E-state index is 11.7. The Kier molecular flexibility index (Phi) is 2.64. The summed E-state index contributed by atoms with van der Waals surface area (Å²) in [4.78, 5) is 22.6. The van der Waals surface area contributed by atoms with Crippen molar-refractivity contribution in [1.29, 1.82) is 0 Å². The van der Waals surface area contributed by atoms with Crippen LogP contribution in [0.2, 0.25) is 0 Å². The van der Waals surface area contributed by atoms with Crippen LogP contribution >= 0.6 is 0 Å². The van der Waals surface area contributed by atoms with E-state index in [1.165, 1.54) is 0 Å².